The maximum atomic E-state index is 9.30. The van der Waals surface area contributed by atoms with Crippen LogP contribution in [-0.2, 0) is 0 Å². The molecule has 1 N–H and O–H groups in total. The molecule has 0 saturated carbocycles. The molecule has 1 atom stereocenters. The zero-order valence-corrected chi connectivity index (χ0v) is 12.0. The van der Waals surface area contributed by atoms with Crippen LogP contribution in [0.25, 0.3) is 0 Å². The summed E-state index contributed by atoms with van der Waals surface area (Å²) in [5.41, 5.74) is 0.788. The molecule has 1 aromatic carbocycles. The lowest BCUT2D eigenvalue weighted by atomic mass is 10.2. The lowest BCUT2D eigenvalue weighted by molar-refractivity contribution is 0.207. The number of hydrogen-bond donors (Lipinski definition) is 1. The van der Waals surface area contributed by atoms with E-state index in [2.05, 4.69) is 4.99 Å². The van der Waals surface area contributed by atoms with Gasteiger partial charge in [0.25, 0.3) is 0 Å². The number of rotatable bonds is 7. The molecule has 0 saturated heterocycles. The molecular formula is C13H18ClNO4. The summed E-state index contributed by atoms with van der Waals surface area (Å²) < 4.78 is 15.7. The van der Waals surface area contributed by atoms with Crippen molar-refractivity contribution in [1.29, 1.82) is 0 Å². The Morgan fingerprint density at radius 2 is 1.79 bits per heavy atom. The third-order valence-corrected chi connectivity index (χ3v) is 2.78. The van der Waals surface area contributed by atoms with Crippen LogP contribution in [0.5, 0.6) is 17.2 Å². The molecule has 0 radical (unpaired) electrons. The van der Waals surface area contributed by atoms with Gasteiger partial charge in [-0.05, 0) is 17.7 Å². The van der Waals surface area contributed by atoms with E-state index < -0.39 is 6.10 Å². The fraction of sp³-hybridized carbons (Fsp3) is 0.462. The van der Waals surface area contributed by atoms with E-state index in [-0.39, 0.29) is 12.4 Å². The van der Waals surface area contributed by atoms with Gasteiger partial charge in [0.2, 0.25) is 5.75 Å². The van der Waals surface area contributed by atoms with Crippen LogP contribution in [0.2, 0.25) is 0 Å². The van der Waals surface area contributed by atoms with Crippen LogP contribution >= 0.6 is 11.6 Å². The Balaban J connectivity index is 2.96. The van der Waals surface area contributed by atoms with Crippen molar-refractivity contribution < 1.29 is 19.3 Å². The number of aliphatic hydroxyl groups excluding tert-OH is 1. The van der Waals surface area contributed by atoms with Gasteiger partial charge in [-0.3, -0.25) is 4.99 Å². The highest BCUT2D eigenvalue weighted by Crippen LogP contribution is 2.37. The van der Waals surface area contributed by atoms with E-state index in [1.165, 1.54) is 0 Å². The third-order valence-electron chi connectivity index (χ3n) is 2.42. The van der Waals surface area contributed by atoms with Gasteiger partial charge in [0.1, 0.15) is 0 Å². The molecule has 0 aliphatic carbocycles. The first kappa shape index (κ1) is 15.6. The van der Waals surface area contributed by atoms with Crippen LogP contribution in [0.4, 0.5) is 0 Å². The fourth-order valence-corrected chi connectivity index (χ4v) is 1.60. The highest BCUT2D eigenvalue weighted by atomic mass is 35.5. The van der Waals surface area contributed by atoms with Crippen LogP contribution in [-0.4, -0.2) is 51.2 Å². The number of ether oxygens (including phenoxy) is 3. The van der Waals surface area contributed by atoms with E-state index in [4.69, 9.17) is 25.8 Å². The topological polar surface area (TPSA) is 60.3 Å². The van der Waals surface area contributed by atoms with Gasteiger partial charge >= 0.3 is 0 Å². The van der Waals surface area contributed by atoms with Gasteiger partial charge < -0.3 is 19.3 Å². The van der Waals surface area contributed by atoms with Crippen molar-refractivity contribution >= 4 is 17.8 Å². The minimum atomic E-state index is -0.639. The van der Waals surface area contributed by atoms with Gasteiger partial charge in [0.05, 0.1) is 39.9 Å². The van der Waals surface area contributed by atoms with Crippen molar-refractivity contribution in [2.24, 2.45) is 4.99 Å². The van der Waals surface area contributed by atoms with Crippen molar-refractivity contribution in [3.05, 3.63) is 17.7 Å². The number of benzene rings is 1. The number of nitrogens with zero attached hydrogens (tertiary/aromatic N) is 1. The maximum Gasteiger partial charge on any atom is 0.203 e. The molecule has 106 valence electrons. The SMILES string of the molecule is COc1cc(C=NC[C@H](O)CCl)cc(OC)c1OC. The summed E-state index contributed by atoms with van der Waals surface area (Å²) >= 11 is 5.49. The molecule has 19 heavy (non-hydrogen) atoms. The molecule has 0 aliphatic heterocycles. The van der Waals surface area contributed by atoms with E-state index >= 15 is 0 Å². The van der Waals surface area contributed by atoms with Gasteiger partial charge in [-0.1, -0.05) is 0 Å². The van der Waals surface area contributed by atoms with Gasteiger partial charge in [0.15, 0.2) is 11.5 Å². The summed E-state index contributed by atoms with van der Waals surface area (Å²) in [6.07, 6.45) is 0.986. The normalized spacial score (nSPS) is 12.5. The number of halogens is 1. The Kier molecular flexibility index (Phi) is 6.45. The average molecular weight is 288 g/mol. The predicted octanol–water partition coefficient (Wildman–Crippen LogP) is 1.73. The van der Waals surface area contributed by atoms with Gasteiger partial charge in [0, 0.05) is 6.21 Å². The summed E-state index contributed by atoms with van der Waals surface area (Å²) in [7, 11) is 4.65. The Morgan fingerprint density at radius 3 is 2.21 bits per heavy atom. The van der Waals surface area contributed by atoms with Crippen molar-refractivity contribution in [2.45, 2.75) is 6.10 Å². The minimum absolute atomic E-state index is 0.159. The number of aliphatic imine (C=N–C) groups is 1. The number of aliphatic hydroxyl groups is 1. The van der Waals surface area contributed by atoms with E-state index in [1.54, 1.807) is 39.7 Å². The molecular weight excluding hydrogens is 270 g/mol. The summed E-state index contributed by atoms with van der Waals surface area (Å²) in [4.78, 5) is 4.11. The Morgan fingerprint density at radius 1 is 1.21 bits per heavy atom. The standard InChI is InChI=1S/C13H18ClNO4/c1-17-11-4-9(7-15-8-10(16)6-14)5-12(18-2)13(11)19-3/h4-5,7,10,16H,6,8H2,1-3H3/t10-/m1/s1. The zero-order chi connectivity index (χ0) is 14.3. The summed E-state index contributed by atoms with van der Waals surface area (Å²) in [5.74, 6) is 1.80. The van der Waals surface area contributed by atoms with Crippen molar-refractivity contribution in [1.82, 2.24) is 0 Å². The molecule has 0 aliphatic rings. The minimum Gasteiger partial charge on any atom is -0.493 e. The molecule has 0 heterocycles. The molecule has 0 bridgehead atoms. The van der Waals surface area contributed by atoms with Gasteiger partial charge in [-0.2, -0.15) is 0 Å². The Hall–Kier alpha value is -1.46. The van der Waals surface area contributed by atoms with E-state index in [9.17, 15) is 5.11 Å². The number of methoxy groups -OCH3 is 3. The second kappa shape index (κ2) is 7.86. The molecule has 0 aromatic heterocycles. The first-order chi connectivity index (χ1) is 9.15. The summed E-state index contributed by atoms with van der Waals surface area (Å²) in [6, 6.07) is 3.55. The number of hydrogen-bond acceptors (Lipinski definition) is 5. The summed E-state index contributed by atoms with van der Waals surface area (Å²) in [5, 5.41) is 9.30. The van der Waals surface area contributed by atoms with Crippen LogP contribution in [0.15, 0.2) is 17.1 Å². The molecule has 5 nitrogen and oxygen atoms in total. The van der Waals surface area contributed by atoms with E-state index in [1.807, 2.05) is 0 Å². The largest absolute Gasteiger partial charge is 0.493 e. The first-order valence-corrected chi connectivity index (χ1v) is 6.23. The smallest absolute Gasteiger partial charge is 0.203 e. The number of alkyl halides is 1. The highest BCUT2D eigenvalue weighted by Gasteiger charge is 2.12. The molecule has 1 aromatic rings. The van der Waals surface area contributed by atoms with E-state index in [0.717, 1.165) is 5.56 Å². The molecule has 1 rings (SSSR count). The summed E-state index contributed by atoms with van der Waals surface area (Å²) in [6.45, 7) is 0.250. The van der Waals surface area contributed by atoms with Crippen LogP contribution in [0.3, 0.4) is 0 Å². The molecule has 6 heteroatoms. The van der Waals surface area contributed by atoms with Crippen molar-refractivity contribution in [3.8, 4) is 17.2 Å². The fourth-order valence-electron chi connectivity index (χ4n) is 1.50. The monoisotopic (exact) mass is 287 g/mol. The molecule has 0 unspecified atom stereocenters. The highest BCUT2D eigenvalue weighted by molar-refractivity contribution is 6.18. The van der Waals surface area contributed by atoms with Crippen molar-refractivity contribution in [2.75, 3.05) is 33.8 Å². The molecule has 0 fully saturated rings. The Labute approximate surface area is 117 Å². The lowest BCUT2D eigenvalue weighted by Gasteiger charge is -2.12. The first-order valence-electron chi connectivity index (χ1n) is 5.70. The maximum absolute atomic E-state index is 9.30. The second-order valence-corrected chi connectivity index (χ2v) is 4.07. The average Bonchev–Trinajstić information content (AvgIpc) is 2.45. The van der Waals surface area contributed by atoms with E-state index in [0.29, 0.717) is 17.2 Å². The predicted molar refractivity (Wildman–Crippen MR) is 75.3 cm³/mol. The van der Waals surface area contributed by atoms with Gasteiger partial charge in [-0.25, -0.2) is 0 Å². The van der Waals surface area contributed by atoms with Crippen molar-refractivity contribution in [3.63, 3.8) is 0 Å². The third kappa shape index (κ3) is 4.29. The second-order valence-electron chi connectivity index (χ2n) is 3.76. The van der Waals surface area contributed by atoms with Gasteiger partial charge in [-0.15, -0.1) is 11.6 Å². The Bertz CT molecular complexity index is 412. The molecule has 0 amide bonds. The van der Waals surface area contributed by atoms with Crippen LogP contribution < -0.4 is 14.2 Å². The molecule has 0 spiro atoms. The lowest BCUT2D eigenvalue weighted by Crippen LogP contribution is -2.12. The van der Waals surface area contributed by atoms with Crippen LogP contribution in [0.1, 0.15) is 5.56 Å². The quantitative estimate of drug-likeness (QED) is 0.613. The zero-order valence-electron chi connectivity index (χ0n) is 11.2. The van der Waals surface area contributed by atoms with Crippen LogP contribution in [0, 0.1) is 0 Å².